The fourth-order valence-corrected chi connectivity index (χ4v) is 2.22. The van der Waals surface area contributed by atoms with E-state index in [0.717, 1.165) is 0 Å². The van der Waals surface area contributed by atoms with Crippen LogP contribution in [0.5, 0.6) is 0 Å². The number of rotatable bonds is 9. The summed E-state index contributed by atoms with van der Waals surface area (Å²) in [5, 5.41) is 14.0. The molecule has 0 atom stereocenters. The van der Waals surface area contributed by atoms with Crippen molar-refractivity contribution < 1.29 is 24.2 Å². The SMILES string of the molecule is CCNC(=O)C(COCC(=O)O)(C(=O)NCC)c1ccccc1. The number of benzene rings is 1. The van der Waals surface area contributed by atoms with Gasteiger partial charge in [0.05, 0.1) is 6.61 Å². The second-order valence-corrected chi connectivity index (χ2v) is 4.88. The Kier molecular flexibility index (Phi) is 7.21. The van der Waals surface area contributed by atoms with Crippen molar-refractivity contribution in [3.05, 3.63) is 35.9 Å². The first-order chi connectivity index (χ1) is 11.0. The summed E-state index contributed by atoms with van der Waals surface area (Å²) in [5.41, 5.74) is -1.19. The molecule has 126 valence electrons. The van der Waals surface area contributed by atoms with Gasteiger partial charge in [0.25, 0.3) is 0 Å². The maximum Gasteiger partial charge on any atom is 0.329 e. The number of hydrogen-bond donors (Lipinski definition) is 3. The van der Waals surface area contributed by atoms with Crippen molar-refractivity contribution in [1.29, 1.82) is 0 Å². The van der Waals surface area contributed by atoms with Gasteiger partial charge in [0, 0.05) is 13.1 Å². The number of likely N-dealkylation sites (N-methyl/N-ethyl adjacent to an activating group) is 2. The van der Waals surface area contributed by atoms with Crippen molar-refractivity contribution in [2.75, 3.05) is 26.3 Å². The van der Waals surface area contributed by atoms with Gasteiger partial charge >= 0.3 is 5.97 Å². The molecule has 7 nitrogen and oxygen atoms in total. The van der Waals surface area contributed by atoms with Gasteiger partial charge in [0.1, 0.15) is 6.61 Å². The molecule has 0 saturated carbocycles. The summed E-state index contributed by atoms with van der Waals surface area (Å²) in [6, 6.07) is 8.48. The van der Waals surface area contributed by atoms with Crippen LogP contribution in [0.25, 0.3) is 0 Å². The highest BCUT2D eigenvalue weighted by Crippen LogP contribution is 2.26. The van der Waals surface area contributed by atoms with Gasteiger partial charge in [0.2, 0.25) is 11.8 Å². The summed E-state index contributed by atoms with van der Waals surface area (Å²) in [5.74, 6) is -2.22. The number of aliphatic carboxylic acids is 1. The predicted molar refractivity (Wildman–Crippen MR) is 83.9 cm³/mol. The Morgan fingerprint density at radius 1 is 1.04 bits per heavy atom. The minimum Gasteiger partial charge on any atom is -0.480 e. The molecule has 23 heavy (non-hydrogen) atoms. The van der Waals surface area contributed by atoms with Gasteiger partial charge in [-0.3, -0.25) is 9.59 Å². The van der Waals surface area contributed by atoms with Crippen LogP contribution >= 0.6 is 0 Å². The summed E-state index contributed by atoms with van der Waals surface area (Å²) in [4.78, 5) is 36.0. The van der Waals surface area contributed by atoms with Crippen LogP contribution in [-0.2, 0) is 24.5 Å². The smallest absolute Gasteiger partial charge is 0.329 e. The van der Waals surface area contributed by atoms with Crippen molar-refractivity contribution in [3.63, 3.8) is 0 Å². The topological polar surface area (TPSA) is 105 Å². The van der Waals surface area contributed by atoms with Crippen LogP contribution in [0.2, 0.25) is 0 Å². The first kappa shape index (κ1) is 18.6. The monoisotopic (exact) mass is 322 g/mol. The van der Waals surface area contributed by atoms with Gasteiger partial charge in [-0.2, -0.15) is 0 Å². The molecule has 0 saturated heterocycles. The average Bonchev–Trinajstić information content (AvgIpc) is 2.52. The van der Waals surface area contributed by atoms with Gasteiger partial charge in [-0.15, -0.1) is 0 Å². The molecule has 0 aliphatic carbocycles. The Hall–Kier alpha value is -2.41. The summed E-state index contributed by atoms with van der Waals surface area (Å²) in [6.07, 6.45) is 0. The molecule has 1 aromatic rings. The molecule has 0 aromatic heterocycles. The molecule has 0 radical (unpaired) electrons. The molecule has 0 heterocycles. The third kappa shape index (κ3) is 4.53. The second kappa shape index (κ2) is 8.89. The Morgan fingerprint density at radius 3 is 2.00 bits per heavy atom. The zero-order valence-corrected chi connectivity index (χ0v) is 13.3. The number of carboxylic acid groups (broad SMARTS) is 1. The fraction of sp³-hybridized carbons (Fsp3) is 0.438. The van der Waals surface area contributed by atoms with Gasteiger partial charge in [-0.1, -0.05) is 30.3 Å². The first-order valence-corrected chi connectivity index (χ1v) is 7.40. The molecule has 7 heteroatoms. The molecule has 2 amide bonds. The van der Waals surface area contributed by atoms with Crippen molar-refractivity contribution in [1.82, 2.24) is 10.6 Å². The van der Waals surface area contributed by atoms with Crippen LogP contribution < -0.4 is 10.6 Å². The van der Waals surface area contributed by atoms with E-state index in [1.807, 2.05) is 0 Å². The highest BCUT2D eigenvalue weighted by atomic mass is 16.5. The standard InChI is InChI=1S/C16H22N2O5/c1-3-17-14(21)16(15(22)18-4-2,11-23-10-13(19)20)12-8-6-5-7-9-12/h5-9H,3-4,10-11H2,1-2H3,(H,17,21)(H,18,22)(H,19,20). The largest absolute Gasteiger partial charge is 0.480 e. The minimum atomic E-state index is -1.64. The summed E-state index contributed by atoms with van der Waals surface area (Å²) in [6.45, 7) is 3.21. The van der Waals surface area contributed by atoms with Gasteiger partial charge in [-0.25, -0.2) is 4.79 Å². The van der Waals surface area contributed by atoms with Crippen molar-refractivity contribution in [3.8, 4) is 0 Å². The highest BCUT2D eigenvalue weighted by Gasteiger charge is 2.47. The van der Waals surface area contributed by atoms with E-state index in [-0.39, 0.29) is 6.61 Å². The zero-order chi connectivity index (χ0) is 17.3. The van der Waals surface area contributed by atoms with Crippen molar-refractivity contribution >= 4 is 17.8 Å². The number of ether oxygens (including phenoxy) is 1. The molecule has 0 unspecified atom stereocenters. The van der Waals surface area contributed by atoms with E-state index in [0.29, 0.717) is 18.7 Å². The Labute approximate surface area is 135 Å². The molecular weight excluding hydrogens is 300 g/mol. The third-order valence-corrected chi connectivity index (χ3v) is 3.26. The number of carbonyl (C=O) groups excluding carboxylic acids is 2. The van der Waals surface area contributed by atoms with Crippen LogP contribution in [0, 0.1) is 0 Å². The quantitative estimate of drug-likeness (QED) is 0.567. The molecule has 1 rings (SSSR count). The number of hydrogen-bond acceptors (Lipinski definition) is 4. The summed E-state index contributed by atoms with van der Waals surface area (Å²) in [7, 11) is 0. The summed E-state index contributed by atoms with van der Waals surface area (Å²) < 4.78 is 5.13. The van der Waals surface area contributed by atoms with Crippen molar-refractivity contribution in [2.45, 2.75) is 19.3 Å². The number of nitrogens with one attached hydrogen (secondary N) is 2. The normalized spacial score (nSPS) is 10.9. The van der Waals surface area contributed by atoms with E-state index in [9.17, 15) is 14.4 Å². The lowest BCUT2D eigenvalue weighted by Gasteiger charge is -2.31. The Morgan fingerprint density at radius 2 is 1.57 bits per heavy atom. The number of carboxylic acids is 1. The second-order valence-electron chi connectivity index (χ2n) is 4.88. The molecule has 0 aliphatic rings. The zero-order valence-electron chi connectivity index (χ0n) is 13.3. The maximum absolute atomic E-state index is 12.7. The molecule has 0 aliphatic heterocycles. The Bertz CT molecular complexity index is 527. The van der Waals surface area contributed by atoms with E-state index in [2.05, 4.69) is 10.6 Å². The lowest BCUT2D eigenvalue weighted by atomic mass is 9.79. The fourth-order valence-electron chi connectivity index (χ4n) is 2.22. The van der Waals surface area contributed by atoms with Crippen LogP contribution in [-0.4, -0.2) is 49.2 Å². The van der Waals surface area contributed by atoms with Crippen LogP contribution in [0.3, 0.4) is 0 Å². The van der Waals surface area contributed by atoms with Crippen LogP contribution in [0.1, 0.15) is 19.4 Å². The lowest BCUT2D eigenvalue weighted by Crippen LogP contribution is -2.57. The highest BCUT2D eigenvalue weighted by molar-refractivity contribution is 6.11. The van der Waals surface area contributed by atoms with E-state index in [1.165, 1.54) is 0 Å². The number of amides is 2. The van der Waals surface area contributed by atoms with Crippen molar-refractivity contribution in [2.24, 2.45) is 0 Å². The molecule has 0 fully saturated rings. The number of carbonyl (C=O) groups is 3. The minimum absolute atomic E-state index is 0.339. The maximum atomic E-state index is 12.7. The summed E-state index contributed by atoms with van der Waals surface area (Å²) >= 11 is 0. The molecule has 0 bridgehead atoms. The van der Waals surface area contributed by atoms with Crippen LogP contribution in [0.15, 0.2) is 30.3 Å². The van der Waals surface area contributed by atoms with Gasteiger partial charge < -0.3 is 20.5 Å². The predicted octanol–water partition coefficient (Wildman–Crippen LogP) is 0.298. The first-order valence-electron chi connectivity index (χ1n) is 7.40. The third-order valence-electron chi connectivity index (χ3n) is 3.26. The Balaban J connectivity index is 3.29. The molecule has 3 N–H and O–H groups in total. The van der Waals surface area contributed by atoms with Crippen LogP contribution in [0.4, 0.5) is 0 Å². The average molecular weight is 322 g/mol. The van der Waals surface area contributed by atoms with E-state index in [1.54, 1.807) is 44.2 Å². The molecule has 0 spiro atoms. The van der Waals surface area contributed by atoms with E-state index >= 15 is 0 Å². The molecule has 1 aromatic carbocycles. The van der Waals surface area contributed by atoms with Gasteiger partial charge in [-0.05, 0) is 19.4 Å². The lowest BCUT2D eigenvalue weighted by molar-refractivity contribution is -0.148. The van der Waals surface area contributed by atoms with E-state index < -0.39 is 29.8 Å². The van der Waals surface area contributed by atoms with E-state index in [4.69, 9.17) is 9.84 Å². The molecular formula is C16H22N2O5. The van der Waals surface area contributed by atoms with Gasteiger partial charge in [0.15, 0.2) is 5.41 Å².